The molecular formula is C29H29FN4O9S. The summed E-state index contributed by atoms with van der Waals surface area (Å²) in [5, 5.41) is 24.0. The summed E-state index contributed by atoms with van der Waals surface area (Å²) < 4.78 is 21.2. The molecule has 5 aliphatic rings. The Balaban J connectivity index is 1.20. The number of alkyl carbamates (subject to hydrolysis) is 1. The van der Waals surface area contributed by atoms with Gasteiger partial charge >= 0.3 is 18.0 Å². The number of nitrogens with one attached hydrogen (secondary N) is 1. The number of halogens is 1. The Labute approximate surface area is 254 Å². The first-order valence-electron chi connectivity index (χ1n) is 14.4. The van der Waals surface area contributed by atoms with Gasteiger partial charge in [0.15, 0.2) is 11.6 Å². The summed E-state index contributed by atoms with van der Waals surface area (Å²) >= 11 is 5.15. The standard InChI is InChI=1S/C29H29FN4O9S/c1-2-14-22-17(11-44)16(23(28(40)41)34(22)26(14)37)10-43-29(42)31-12-5-6-32(9-12)25-21(27(38)39)24(36)15-7-18(30)20(35)8-19(15)33(25)13-3-4-13/h7,11-14,17,22H,2-6,8-10H2,1H3,(H,31,42)(H,38,39)(H,40,41)/t12?,14-,17+,22+/m1/s1. The number of hydrogen-bond acceptors (Lipinski definition) is 9. The first kappa shape index (κ1) is 29.7. The fraction of sp³-hybridized carbons (Fsp3) is 0.483. The first-order valence-corrected chi connectivity index (χ1v) is 14.8. The highest BCUT2D eigenvalue weighted by atomic mass is 32.1. The number of rotatable bonds is 9. The molecule has 2 aliphatic carbocycles. The molecule has 44 heavy (non-hydrogen) atoms. The number of amides is 2. The molecule has 6 rings (SSSR count). The minimum absolute atomic E-state index is 0.118. The molecule has 2 saturated heterocycles. The number of β-lactam (4-membered cyclic amide) rings is 1. The molecule has 15 heteroatoms. The zero-order valence-corrected chi connectivity index (χ0v) is 24.4. The highest BCUT2D eigenvalue weighted by Crippen LogP contribution is 2.47. The molecule has 1 aromatic rings. The van der Waals surface area contributed by atoms with Crippen molar-refractivity contribution < 1.29 is 43.3 Å². The molecule has 2 amide bonds. The van der Waals surface area contributed by atoms with Crippen LogP contribution in [0.3, 0.4) is 0 Å². The van der Waals surface area contributed by atoms with E-state index in [0.29, 0.717) is 25.7 Å². The number of pyridine rings is 1. The van der Waals surface area contributed by atoms with Gasteiger partial charge in [-0.2, -0.15) is 0 Å². The quantitative estimate of drug-likeness (QED) is 0.269. The highest BCUT2D eigenvalue weighted by molar-refractivity contribution is 7.79. The minimum atomic E-state index is -1.48. The zero-order chi connectivity index (χ0) is 31.6. The molecule has 4 atom stereocenters. The van der Waals surface area contributed by atoms with E-state index in [2.05, 4.69) is 5.32 Å². The van der Waals surface area contributed by atoms with Gasteiger partial charge in [-0.3, -0.25) is 14.4 Å². The molecule has 0 radical (unpaired) electrons. The number of fused-ring (bicyclic) bond motifs is 2. The van der Waals surface area contributed by atoms with Crippen LogP contribution in [0.2, 0.25) is 0 Å². The van der Waals surface area contributed by atoms with Crippen LogP contribution < -0.4 is 15.6 Å². The van der Waals surface area contributed by atoms with Crippen molar-refractivity contribution in [3.63, 3.8) is 0 Å². The lowest BCUT2D eigenvalue weighted by atomic mass is 9.79. The van der Waals surface area contributed by atoms with Crippen molar-refractivity contribution in [1.82, 2.24) is 14.8 Å². The molecular weight excluding hydrogens is 599 g/mol. The smallest absolute Gasteiger partial charge is 0.407 e. The van der Waals surface area contributed by atoms with Crippen molar-refractivity contribution in [2.24, 2.45) is 11.8 Å². The fourth-order valence-corrected chi connectivity index (χ4v) is 7.24. The largest absolute Gasteiger partial charge is 0.477 e. The van der Waals surface area contributed by atoms with Gasteiger partial charge in [0, 0.05) is 41.9 Å². The minimum Gasteiger partial charge on any atom is -0.477 e. The van der Waals surface area contributed by atoms with Gasteiger partial charge in [0.1, 0.15) is 23.7 Å². The molecule has 0 spiro atoms. The van der Waals surface area contributed by atoms with Gasteiger partial charge in [-0.1, -0.05) is 19.1 Å². The second kappa shape index (κ2) is 10.9. The van der Waals surface area contributed by atoms with Crippen LogP contribution in [0.1, 0.15) is 60.3 Å². The van der Waals surface area contributed by atoms with E-state index in [4.69, 9.17) is 17.0 Å². The van der Waals surface area contributed by atoms with Crippen LogP contribution in [0.4, 0.5) is 15.0 Å². The number of thiocarbonyl (C=S) groups is 1. The summed E-state index contributed by atoms with van der Waals surface area (Å²) in [4.78, 5) is 78.1. The number of nitrogens with zero attached hydrogens (tertiary/aromatic N) is 3. The monoisotopic (exact) mass is 628 g/mol. The van der Waals surface area contributed by atoms with Gasteiger partial charge in [0.2, 0.25) is 11.3 Å². The molecule has 3 fully saturated rings. The zero-order valence-electron chi connectivity index (χ0n) is 23.6. The normalized spacial score (nSPS) is 25.7. The number of hydrogen-bond donors (Lipinski definition) is 3. The number of Topliss-reactive ketones (excluding diaryl/α,β-unsaturated/α-hetero) is 1. The van der Waals surface area contributed by atoms with E-state index in [9.17, 15) is 43.4 Å². The summed E-state index contributed by atoms with van der Waals surface area (Å²) in [5.41, 5.74) is -1.25. The van der Waals surface area contributed by atoms with Gasteiger partial charge in [-0.05, 0) is 37.1 Å². The summed E-state index contributed by atoms with van der Waals surface area (Å²) in [7, 11) is 0. The number of aromatic nitrogens is 1. The number of carboxylic acids is 2. The van der Waals surface area contributed by atoms with Crippen molar-refractivity contribution in [2.75, 3.05) is 24.6 Å². The number of aliphatic carboxylic acids is 1. The molecule has 4 heterocycles. The van der Waals surface area contributed by atoms with Crippen molar-refractivity contribution in [3.8, 4) is 0 Å². The Bertz CT molecular complexity index is 1660. The number of allylic oxidation sites excluding steroid dienone is 1. The van der Waals surface area contributed by atoms with E-state index in [1.165, 1.54) is 10.3 Å². The lowest BCUT2D eigenvalue weighted by molar-refractivity contribution is -0.155. The Morgan fingerprint density at radius 2 is 1.89 bits per heavy atom. The molecule has 0 aromatic carbocycles. The Kier molecular flexibility index (Phi) is 7.38. The van der Waals surface area contributed by atoms with Crippen LogP contribution in [-0.2, 0) is 25.5 Å². The fourth-order valence-electron chi connectivity index (χ4n) is 6.91. The van der Waals surface area contributed by atoms with Crippen molar-refractivity contribution >= 4 is 59.2 Å². The Morgan fingerprint density at radius 3 is 2.50 bits per heavy atom. The highest BCUT2D eigenvalue weighted by Gasteiger charge is 2.58. The van der Waals surface area contributed by atoms with E-state index in [1.54, 1.807) is 9.47 Å². The topological polar surface area (TPSA) is 176 Å². The van der Waals surface area contributed by atoms with Crippen LogP contribution in [0.5, 0.6) is 0 Å². The van der Waals surface area contributed by atoms with E-state index in [-0.39, 0.29) is 65.7 Å². The average Bonchev–Trinajstić information content (AvgIpc) is 3.63. The Morgan fingerprint density at radius 1 is 1.16 bits per heavy atom. The lowest BCUT2D eigenvalue weighted by Crippen LogP contribution is -2.60. The maximum Gasteiger partial charge on any atom is 0.407 e. The van der Waals surface area contributed by atoms with Crippen LogP contribution in [0.15, 0.2) is 21.9 Å². The summed E-state index contributed by atoms with van der Waals surface area (Å²) in [6.07, 6.45) is 1.88. The molecule has 232 valence electrons. The molecule has 13 nitrogen and oxygen atoms in total. The van der Waals surface area contributed by atoms with Crippen LogP contribution in [-0.4, -0.2) is 86.5 Å². The van der Waals surface area contributed by atoms with Crippen LogP contribution in [0, 0.1) is 11.8 Å². The third-order valence-corrected chi connectivity index (χ3v) is 9.35. The third-order valence-electron chi connectivity index (χ3n) is 9.05. The second-order valence-corrected chi connectivity index (χ2v) is 11.9. The van der Waals surface area contributed by atoms with Crippen molar-refractivity contribution in [3.05, 3.63) is 44.1 Å². The summed E-state index contributed by atoms with van der Waals surface area (Å²) in [6, 6.07) is -1.10. The molecule has 0 bridgehead atoms. The van der Waals surface area contributed by atoms with Gasteiger partial charge in [0.25, 0.3) is 0 Å². The maximum absolute atomic E-state index is 14.1. The maximum atomic E-state index is 14.1. The second-order valence-electron chi connectivity index (χ2n) is 11.6. The number of carboxylic acid groups (broad SMARTS) is 2. The molecule has 1 aromatic heterocycles. The average molecular weight is 629 g/mol. The van der Waals surface area contributed by atoms with Crippen LogP contribution in [0.25, 0.3) is 6.08 Å². The van der Waals surface area contributed by atoms with Crippen molar-refractivity contribution in [1.29, 1.82) is 0 Å². The Hall–Kier alpha value is -4.40. The number of carbonyl (C=O) groups is 5. The molecule has 1 unspecified atom stereocenters. The van der Waals surface area contributed by atoms with E-state index in [0.717, 1.165) is 6.08 Å². The predicted molar refractivity (Wildman–Crippen MR) is 155 cm³/mol. The summed E-state index contributed by atoms with van der Waals surface area (Å²) in [5.74, 6) is -5.79. The summed E-state index contributed by atoms with van der Waals surface area (Å²) in [6.45, 7) is 1.82. The van der Waals surface area contributed by atoms with Gasteiger partial charge < -0.3 is 34.6 Å². The lowest BCUT2D eigenvalue weighted by Gasteiger charge is -2.44. The van der Waals surface area contributed by atoms with Crippen molar-refractivity contribution in [2.45, 2.75) is 57.2 Å². The van der Waals surface area contributed by atoms with E-state index < -0.39 is 65.2 Å². The van der Waals surface area contributed by atoms with E-state index >= 15 is 0 Å². The number of aromatic carboxylic acids is 1. The van der Waals surface area contributed by atoms with Gasteiger partial charge in [-0.15, -0.1) is 0 Å². The number of carbonyl (C=O) groups excluding carboxylic acids is 3. The third kappa shape index (κ3) is 4.60. The van der Waals surface area contributed by atoms with Gasteiger partial charge in [0.05, 0.1) is 24.4 Å². The van der Waals surface area contributed by atoms with E-state index in [1.807, 2.05) is 6.92 Å². The number of anilines is 1. The number of ketones is 1. The van der Waals surface area contributed by atoms with Crippen LogP contribution >= 0.6 is 12.2 Å². The first-order chi connectivity index (χ1) is 21.0. The number of ether oxygens (including phenoxy) is 1. The SMILES string of the molecule is CC[C@H]1C(=O)N2C(C(=O)O)=C(COC(=O)NC3CCN(c4c(C(=O)O)c(=O)c5c(n4C4CC4)CC(=O)C(F)=C5)C3)[C@H](C=S)[C@H]12. The molecule has 3 N–H and O–H groups in total. The predicted octanol–water partition coefficient (Wildman–Crippen LogP) is 1.83. The molecule has 3 aliphatic heterocycles. The van der Waals surface area contributed by atoms with Gasteiger partial charge in [-0.25, -0.2) is 18.8 Å². The molecule has 1 saturated carbocycles.